The van der Waals surface area contributed by atoms with Gasteiger partial charge in [0.05, 0.1) is 11.4 Å². The predicted octanol–water partition coefficient (Wildman–Crippen LogP) is 3.70. The van der Waals surface area contributed by atoms with Crippen LogP contribution in [0.4, 0.5) is 5.69 Å². The Labute approximate surface area is 145 Å². The Morgan fingerprint density at radius 3 is 2.65 bits per heavy atom. The molecule has 116 valence electrons. The highest BCUT2D eigenvalue weighted by atomic mass is 79.9. The minimum atomic E-state index is -0.188. The van der Waals surface area contributed by atoms with Crippen LogP contribution >= 0.6 is 27.5 Å². The molecule has 0 atom stereocenters. The molecule has 1 heterocycles. The van der Waals surface area contributed by atoms with Gasteiger partial charge in [-0.1, -0.05) is 39.7 Å². The summed E-state index contributed by atoms with van der Waals surface area (Å²) in [5.41, 5.74) is 2.01. The van der Waals surface area contributed by atoms with Crippen LogP contribution < -0.4 is 5.32 Å². The monoisotopic (exact) mass is 391 g/mol. The Kier molecular flexibility index (Phi) is 4.40. The zero-order valence-corrected chi connectivity index (χ0v) is 14.3. The molecular formula is C15H11BrClN5O. The molecule has 1 amide bonds. The third kappa shape index (κ3) is 3.40. The molecule has 0 radical (unpaired) electrons. The first kappa shape index (κ1) is 15.6. The van der Waals surface area contributed by atoms with Crippen LogP contribution in [0.2, 0.25) is 5.02 Å². The van der Waals surface area contributed by atoms with E-state index >= 15 is 0 Å². The SMILES string of the molecule is CC(=O)Nc1ccc(Cl)cc1-n1nnnc1-c1ccc(Br)cc1. The van der Waals surface area contributed by atoms with E-state index in [2.05, 4.69) is 36.8 Å². The molecule has 0 saturated carbocycles. The van der Waals surface area contributed by atoms with E-state index in [0.717, 1.165) is 10.0 Å². The summed E-state index contributed by atoms with van der Waals surface area (Å²) in [4.78, 5) is 11.4. The Hall–Kier alpha value is -2.25. The maximum atomic E-state index is 11.4. The first-order valence-corrected chi connectivity index (χ1v) is 7.83. The fourth-order valence-electron chi connectivity index (χ4n) is 2.10. The molecule has 3 rings (SSSR count). The zero-order chi connectivity index (χ0) is 16.4. The summed E-state index contributed by atoms with van der Waals surface area (Å²) in [5, 5.41) is 15.1. The van der Waals surface area contributed by atoms with Crippen molar-refractivity contribution in [3.8, 4) is 17.1 Å². The Balaban J connectivity index is 2.13. The van der Waals surface area contributed by atoms with Crippen LogP contribution in [0.25, 0.3) is 17.1 Å². The van der Waals surface area contributed by atoms with Crippen molar-refractivity contribution >= 4 is 39.1 Å². The summed E-state index contributed by atoms with van der Waals surface area (Å²) in [6, 6.07) is 12.7. The average molecular weight is 393 g/mol. The van der Waals surface area contributed by atoms with Crippen molar-refractivity contribution in [3.63, 3.8) is 0 Å². The molecule has 0 aliphatic rings. The van der Waals surface area contributed by atoms with E-state index in [1.54, 1.807) is 22.9 Å². The molecule has 0 aliphatic carbocycles. The summed E-state index contributed by atoms with van der Waals surface area (Å²) in [6.07, 6.45) is 0. The zero-order valence-electron chi connectivity index (χ0n) is 12.0. The molecular weight excluding hydrogens is 382 g/mol. The van der Waals surface area contributed by atoms with Crippen molar-refractivity contribution in [2.75, 3.05) is 5.32 Å². The summed E-state index contributed by atoms with van der Waals surface area (Å²) in [5.74, 6) is 0.359. The lowest BCUT2D eigenvalue weighted by atomic mass is 10.2. The second kappa shape index (κ2) is 6.47. The smallest absolute Gasteiger partial charge is 0.221 e. The van der Waals surface area contributed by atoms with Crippen molar-refractivity contribution in [2.45, 2.75) is 6.92 Å². The lowest BCUT2D eigenvalue weighted by Crippen LogP contribution is -2.10. The minimum absolute atomic E-state index is 0.188. The maximum Gasteiger partial charge on any atom is 0.221 e. The number of anilines is 1. The van der Waals surface area contributed by atoms with E-state index in [9.17, 15) is 4.79 Å². The highest BCUT2D eigenvalue weighted by molar-refractivity contribution is 9.10. The number of benzene rings is 2. The number of hydrogen-bond acceptors (Lipinski definition) is 4. The number of hydrogen-bond donors (Lipinski definition) is 1. The normalized spacial score (nSPS) is 10.6. The number of aromatic nitrogens is 4. The van der Waals surface area contributed by atoms with Crippen LogP contribution in [-0.4, -0.2) is 26.1 Å². The number of rotatable bonds is 3. The molecule has 0 bridgehead atoms. The molecule has 1 N–H and O–H groups in total. The maximum absolute atomic E-state index is 11.4. The average Bonchev–Trinajstić information content (AvgIpc) is 2.99. The van der Waals surface area contributed by atoms with Gasteiger partial charge in [0.2, 0.25) is 5.91 Å². The van der Waals surface area contributed by atoms with Gasteiger partial charge in [0, 0.05) is 22.0 Å². The summed E-state index contributed by atoms with van der Waals surface area (Å²) in [7, 11) is 0. The number of halogens is 2. The Bertz CT molecular complexity index is 863. The molecule has 1 aromatic heterocycles. The van der Waals surface area contributed by atoms with Gasteiger partial charge in [0.1, 0.15) is 0 Å². The number of tetrazole rings is 1. The fourth-order valence-corrected chi connectivity index (χ4v) is 2.53. The number of nitrogens with one attached hydrogen (secondary N) is 1. The lowest BCUT2D eigenvalue weighted by Gasteiger charge is -2.11. The van der Waals surface area contributed by atoms with Crippen LogP contribution in [-0.2, 0) is 4.79 Å². The van der Waals surface area contributed by atoms with Crippen LogP contribution in [0.3, 0.4) is 0 Å². The molecule has 23 heavy (non-hydrogen) atoms. The third-order valence-corrected chi connectivity index (χ3v) is 3.83. The number of carbonyl (C=O) groups is 1. The Morgan fingerprint density at radius 2 is 1.96 bits per heavy atom. The van der Waals surface area contributed by atoms with Crippen LogP contribution in [0.15, 0.2) is 46.9 Å². The van der Waals surface area contributed by atoms with Gasteiger partial charge >= 0.3 is 0 Å². The van der Waals surface area contributed by atoms with E-state index < -0.39 is 0 Å². The van der Waals surface area contributed by atoms with Gasteiger partial charge in [-0.15, -0.1) is 5.10 Å². The van der Waals surface area contributed by atoms with Gasteiger partial charge in [-0.2, -0.15) is 4.68 Å². The van der Waals surface area contributed by atoms with Crippen molar-refractivity contribution in [1.82, 2.24) is 20.2 Å². The number of nitrogens with zero attached hydrogens (tertiary/aromatic N) is 4. The molecule has 0 unspecified atom stereocenters. The van der Waals surface area contributed by atoms with Crippen molar-refractivity contribution < 1.29 is 4.79 Å². The van der Waals surface area contributed by atoms with Gasteiger partial charge in [0.25, 0.3) is 0 Å². The van der Waals surface area contributed by atoms with E-state index in [4.69, 9.17) is 11.6 Å². The predicted molar refractivity (Wildman–Crippen MR) is 91.6 cm³/mol. The quantitative estimate of drug-likeness (QED) is 0.737. The van der Waals surface area contributed by atoms with Gasteiger partial charge in [-0.25, -0.2) is 0 Å². The molecule has 8 heteroatoms. The van der Waals surface area contributed by atoms with E-state index in [1.807, 2.05) is 24.3 Å². The fraction of sp³-hybridized carbons (Fsp3) is 0.0667. The first-order chi connectivity index (χ1) is 11.0. The summed E-state index contributed by atoms with van der Waals surface area (Å²) >= 11 is 9.49. The number of carbonyl (C=O) groups excluding carboxylic acids is 1. The minimum Gasteiger partial charge on any atom is -0.324 e. The molecule has 2 aromatic carbocycles. The molecule has 0 spiro atoms. The first-order valence-electron chi connectivity index (χ1n) is 6.66. The summed E-state index contributed by atoms with van der Waals surface area (Å²) < 4.78 is 2.50. The molecule has 0 fully saturated rings. The van der Waals surface area contributed by atoms with E-state index in [1.165, 1.54) is 6.92 Å². The van der Waals surface area contributed by atoms with Crippen molar-refractivity contribution in [1.29, 1.82) is 0 Å². The van der Waals surface area contributed by atoms with Crippen LogP contribution in [0, 0.1) is 0 Å². The van der Waals surface area contributed by atoms with Gasteiger partial charge in [0.15, 0.2) is 5.82 Å². The van der Waals surface area contributed by atoms with Gasteiger partial charge in [-0.05, 0) is 40.8 Å². The Morgan fingerprint density at radius 1 is 1.22 bits per heavy atom. The number of amides is 1. The van der Waals surface area contributed by atoms with Crippen LogP contribution in [0.1, 0.15) is 6.92 Å². The van der Waals surface area contributed by atoms with Gasteiger partial charge in [-0.3, -0.25) is 4.79 Å². The molecule has 0 saturated heterocycles. The topological polar surface area (TPSA) is 72.7 Å². The second-order valence-electron chi connectivity index (χ2n) is 4.76. The highest BCUT2D eigenvalue weighted by Gasteiger charge is 2.15. The van der Waals surface area contributed by atoms with Crippen molar-refractivity contribution in [3.05, 3.63) is 52.0 Å². The van der Waals surface area contributed by atoms with Crippen molar-refractivity contribution in [2.24, 2.45) is 0 Å². The third-order valence-electron chi connectivity index (χ3n) is 3.07. The largest absolute Gasteiger partial charge is 0.324 e. The lowest BCUT2D eigenvalue weighted by molar-refractivity contribution is -0.114. The molecule has 3 aromatic rings. The van der Waals surface area contributed by atoms with Crippen LogP contribution in [0.5, 0.6) is 0 Å². The van der Waals surface area contributed by atoms with E-state index in [0.29, 0.717) is 22.2 Å². The summed E-state index contributed by atoms with van der Waals surface area (Å²) in [6.45, 7) is 1.44. The molecule has 0 aliphatic heterocycles. The van der Waals surface area contributed by atoms with E-state index in [-0.39, 0.29) is 5.91 Å². The second-order valence-corrected chi connectivity index (χ2v) is 6.12. The van der Waals surface area contributed by atoms with Gasteiger partial charge < -0.3 is 5.32 Å². The highest BCUT2D eigenvalue weighted by Crippen LogP contribution is 2.28. The standard InChI is InChI=1S/C15H11BrClN5O/c1-9(23)18-13-7-6-12(17)8-14(13)22-15(19-20-21-22)10-2-4-11(16)5-3-10/h2-8H,1H3,(H,18,23). The molecule has 6 nitrogen and oxygen atoms in total.